The first kappa shape index (κ1) is 8.79. The molecule has 0 radical (unpaired) electrons. The number of aromatic nitrogens is 4. The largest absolute Gasteiger partial charge is 0.295 e. The quantitative estimate of drug-likeness (QED) is 0.786. The van der Waals surface area contributed by atoms with Gasteiger partial charge >= 0.3 is 0 Å². The molecular weight excluding hydrogens is 208 g/mol. The van der Waals surface area contributed by atoms with Crippen molar-refractivity contribution >= 4 is 12.2 Å². The Labute approximate surface area is 92.0 Å². The molecule has 0 atom stereocenters. The van der Waals surface area contributed by atoms with Crippen molar-refractivity contribution in [3.63, 3.8) is 0 Å². The van der Waals surface area contributed by atoms with Gasteiger partial charge < -0.3 is 0 Å². The van der Waals surface area contributed by atoms with Crippen LogP contribution in [0.4, 0.5) is 0 Å². The number of H-pyrrole nitrogens is 1. The van der Waals surface area contributed by atoms with Gasteiger partial charge in [-0.15, -0.1) is 0 Å². The summed E-state index contributed by atoms with van der Waals surface area (Å²) in [5, 5.41) is 3.27. The fourth-order valence-corrected chi connectivity index (χ4v) is 1.86. The number of hydrogen-bond acceptors (Lipinski definition) is 3. The molecule has 1 aliphatic rings. The molecule has 2 aromatic rings. The summed E-state index contributed by atoms with van der Waals surface area (Å²) in [6.45, 7) is 0. The topological polar surface area (TPSA) is 46.5 Å². The molecule has 5 heteroatoms. The molecule has 0 aromatic carbocycles. The van der Waals surface area contributed by atoms with Crippen LogP contribution >= 0.6 is 12.2 Å². The summed E-state index contributed by atoms with van der Waals surface area (Å²) >= 11 is 5.27. The molecule has 4 nitrogen and oxygen atoms in total. The predicted molar refractivity (Wildman–Crippen MR) is 58.5 cm³/mol. The number of aromatic amines is 1. The van der Waals surface area contributed by atoms with Crippen LogP contribution in [0.2, 0.25) is 0 Å². The first-order valence-electron chi connectivity index (χ1n) is 4.93. The molecule has 0 spiro atoms. The molecule has 76 valence electrons. The smallest absolute Gasteiger partial charge is 0.171 e. The van der Waals surface area contributed by atoms with E-state index in [-0.39, 0.29) is 0 Å². The third kappa shape index (κ3) is 1.59. The zero-order valence-electron chi connectivity index (χ0n) is 8.05. The number of nitrogens with one attached hydrogen (secondary N) is 1. The van der Waals surface area contributed by atoms with Crippen molar-refractivity contribution in [2.45, 2.75) is 18.8 Å². The lowest BCUT2D eigenvalue weighted by Crippen LogP contribution is -2.00. The predicted octanol–water partition coefficient (Wildman–Crippen LogP) is 2.20. The molecule has 0 bridgehead atoms. The van der Waals surface area contributed by atoms with Gasteiger partial charge in [0.2, 0.25) is 0 Å². The Balaban J connectivity index is 2.08. The van der Waals surface area contributed by atoms with Gasteiger partial charge in [0, 0.05) is 24.0 Å². The van der Waals surface area contributed by atoms with E-state index < -0.39 is 0 Å². The number of rotatable bonds is 2. The maximum Gasteiger partial charge on any atom is 0.171 e. The monoisotopic (exact) mass is 218 g/mol. The van der Waals surface area contributed by atoms with E-state index in [0.29, 0.717) is 5.92 Å². The lowest BCUT2D eigenvalue weighted by atomic mass is 10.3. The van der Waals surface area contributed by atoms with Crippen LogP contribution in [0, 0.1) is 4.64 Å². The van der Waals surface area contributed by atoms with Crippen molar-refractivity contribution in [1.29, 1.82) is 0 Å². The van der Waals surface area contributed by atoms with E-state index in [1.807, 2.05) is 6.07 Å². The normalized spacial score (nSPS) is 15.5. The van der Waals surface area contributed by atoms with Crippen LogP contribution < -0.4 is 0 Å². The van der Waals surface area contributed by atoms with Crippen molar-refractivity contribution in [1.82, 2.24) is 19.7 Å². The van der Waals surface area contributed by atoms with Crippen LogP contribution in [-0.2, 0) is 0 Å². The summed E-state index contributed by atoms with van der Waals surface area (Å²) in [6, 6.07) is 2.02. The summed E-state index contributed by atoms with van der Waals surface area (Å²) in [5.41, 5.74) is 1.21. The maximum atomic E-state index is 5.27. The molecule has 1 fully saturated rings. The van der Waals surface area contributed by atoms with Crippen molar-refractivity contribution in [3.05, 3.63) is 35.0 Å². The van der Waals surface area contributed by atoms with E-state index in [2.05, 4.69) is 15.1 Å². The Morgan fingerprint density at radius 3 is 2.93 bits per heavy atom. The first-order valence-corrected chi connectivity index (χ1v) is 5.34. The van der Waals surface area contributed by atoms with E-state index in [1.165, 1.54) is 18.5 Å². The molecule has 2 heterocycles. The number of nitrogens with zero attached hydrogens (tertiary/aromatic N) is 3. The molecule has 0 amide bonds. The lowest BCUT2D eigenvalue weighted by molar-refractivity contribution is 0.799. The van der Waals surface area contributed by atoms with Gasteiger partial charge in [-0.25, -0.2) is 9.67 Å². The molecular formula is C10H10N4S. The molecule has 3 rings (SSSR count). The van der Waals surface area contributed by atoms with Crippen LogP contribution in [-0.4, -0.2) is 19.7 Å². The van der Waals surface area contributed by atoms with Gasteiger partial charge in [0.15, 0.2) is 5.82 Å². The van der Waals surface area contributed by atoms with Gasteiger partial charge in [0.1, 0.15) is 4.64 Å². The van der Waals surface area contributed by atoms with Crippen LogP contribution in [0.5, 0.6) is 0 Å². The van der Waals surface area contributed by atoms with Crippen LogP contribution in [0.1, 0.15) is 24.5 Å². The molecule has 1 saturated carbocycles. The van der Waals surface area contributed by atoms with Gasteiger partial charge in [-0.2, -0.15) is 0 Å². The van der Waals surface area contributed by atoms with Crippen molar-refractivity contribution < 1.29 is 0 Å². The Kier molecular flexibility index (Phi) is 1.92. The first-order chi connectivity index (χ1) is 7.34. The number of hydrogen-bond donors (Lipinski definition) is 1. The van der Waals surface area contributed by atoms with Crippen LogP contribution in [0.3, 0.4) is 0 Å². The summed E-state index contributed by atoms with van der Waals surface area (Å²) in [7, 11) is 0. The second kappa shape index (κ2) is 3.27. The summed E-state index contributed by atoms with van der Waals surface area (Å²) < 4.78 is 2.56. The molecule has 0 unspecified atom stereocenters. The molecule has 1 aliphatic carbocycles. The van der Waals surface area contributed by atoms with E-state index >= 15 is 0 Å². The maximum absolute atomic E-state index is 5.27. The highest BCUT2D eigenvalue weighted by Crippen LogP contribution is 2.39. The lowest BCUT2D eigenvalue weighted by Gasteiger charge is -1.99. The molecule has 2 aromatic heterocycles. The molecule has 1 N–H and O–H groups in total. The van der Waals surface area contributed by atoms with E-state index in [4.69, 9.17) is 12.2 Å². The fraction of sp³-hybridized carbons (Fsp3) is 0.300. The Morgan fingerprint density at radius 1 is 1.40 bits per heavy atom. The van der Waals surface area contributed by atoms with Crippen LogP contribution in [0.15, 0.2) is 24.7 Å². The minimum absolute atomic E-state index is 0.671. The zero-order valence-corrected chi connectivity index (χ0v) is 8.87. The van der Waals surface area contributed by atoms with Gasteiger partial charge in [-0.1, -0.05) is 12.2 Å². The summed E-state index contributed by atoms with van der Waals surface area (Å²) in [5.74, 6) is 1.42. The van der Waals surface area contributed by atoms with E-state index in [1.54, 1.807) is 23.3 Å². The Morgan fingerprint density at radius 2 is 2.27 bits per heavy atom. The van der Waals surface area contributed by atoms with Gasteiger partial charge in [0.25, 0.3) is 0 Å². The fourth-order valence-electron chi connectivity index (χ4n) is 1.59. The average molecular weight is 218 g/mol. The second-order valence-electron chi connectivity index (χ2n) is 3.72. The van der Waals surface area contributed by atoms with Crippen molar-refractivity contribution in [2.75, 3.05) is 0 Å². The third-order valence-corrected chi connectivity index (χ3v) is 2.84. The average Bonchev–Trinajstić information content (AvgIpc) is 3.04. The SMILES string of the molecule is S=c1cc(C2CC2)[nH]n1-c1cnccn1. The summed E-state index contributed by atoms with van der Waals surface area (Å²) in [6.07, 6.45) is 7.53. The highest BCUT2D eigenvalue weighted by molar-refractivity contribution is 7.71. The zero-order chi connectivity index (χ0) is 10.3. The molecule has 15 heavy (non-hydrogen) atoms. The minimum atomic E-state index is 0.671. The highest BCUT2D eigenvalue weighted by Gasteiger charge is 2.25. The van der Waals surface area contributed by atoms with Crippen LogP contribution in [0.25, 0.3) is 5.82 Å². The molecule has 0 saturated heterocycles. The van der Waals surface area contributed by atoms with Gasteiger partial charge in [-0.3, -0.25) is 10.1 Å². The van der Waals surface area contributed by atoms with Crippen molar-refractivity contribution in [2.24, 2.45) is 0 Å². The highest BCUT2D eigenvalue weighted by atomic mass is 32.1. The third-order valence-electron chi connectivity index (χ3n) is 2.54. The van der Waals surface area contributed by atoms with Gasteiger partial charge in [-0.05, 0) is 18.9 Å². The van der Waals surface area contributed by atoms with E-state index in [9.17, 15) is 0 Å². The standard InChI is InChI=1S/C10H10N4S/c15-10-5-8(7-1-2-7)13-14(10)9-6-11-3-4-12-9/h3-7,13H,1-2H2. The molecule has 0 aliphatic heterocycles. The van der Waals surface area contributed by atoms with Gasteiger partial charge in [0.05, 0.1) is 6.20 Å². The van der Waals surface area contributed by atoms with Crippen molar-refractivity contribution in [3.8, 4) is 5.82 Å². The summed E-state index contributed by atoms with van der Waals surface area (Å²) in [4.78, 5) is 8.23. The second-order valence-corrected chi connectivity index (χ2v) is 4.14. The Bertz CT molecular complexity index is 524. The Hall–Kier alpha value is -1.49. The minimum Gasteiger partial charge on any atom is -0.295 e. The van der Waals surface area contributed by atoms with E-state index in [0.717, 1.165) is 10.5 Å².